The van der Waals surface area contributed by atoms with E-state index in [1.165, 1.54) is 58.7 Å². The highest BCUT2D eigenvalue weighted by Crippen LogP contribution is 2.57. The normalized spacial score (nSPS) is 21.7. The summed E-state index contributed by atoms with van der Waals surface area (Å²) in [4.78, 5) is 5.27. The molecule has 0 spiro atoms. The van der Waals surface area contributed by atoms with Crippen molar-refractivity contribution in [2.75, 3.05) is 0 Å². The summed E-state index contributed by atoms with van der Waals surface area (Å²) in [5.74, 6) is 1.04. The standard InChI is InChI=1S/C26H26N2/c1-17(2)25(27)28-26(20-11-5-6-12-20)23-14-8-7-13-21(23)22-15-18-9-3-4-10-19(18)16-24(22)26/h3-4,7-10,13-16,20H,1,5-6,11-12H2,2H3,(H2,27,28). The molecule has 2 aliphatic carbocycles. The summed E-state index contributed by atoms with van der Waals surface area (Å²) in [6.45, 7) is 6.01. The lowest BCUT2D eigenvalue weighted by Gasteiger charge is -2.35. The molecule has 0 bridgehead atoms. The molecule has 1 saturated carbocycles. The first kappa shape index (κ1) is 17.2. The minimum absolute atomic E-state index is 0.407. The molecule has 0 radical (unpaired) electrons. The van der Waals surface area contributed by atoms with Crippen LogP contribution in [0, 0.1) is 5.92 Å². The number of hydrogen-bond donors (Lipinski definition) is 1. The third kappa shape index (κ3) is 2.37. The number of hydrogen-bond acceptors (Lipinski definition) is 1. The van der Waals surface area contributed by atoms with Crippen LogP contribution in [0.2, 0.25) is 0 Å². The molecule has 2 N–H and O–H groups in total. The molecule has 3 aromatic rings. The van der Waals surface area contributed by atoms with Gasteiger partial charge in [-0.15, -0.1) is 0 Å². The highest BCUT2D eigenvalue weighted by molar-refractivity contribution is 5.98. The lowest BCUT2D eigenvalue weighted by Crippen LogP contribution is -2.34. The van der Waals surface area contributed by atoms with Gasteiger partial charge in [-0.2, -0.15) is 0 Å². The van der Waals surface area contributed by atoms with Crippen molar-refractivity contribution in [3.8, 4) is 11.1 Å². The molecule has 0 heterocycles. The zero-order valence-electron chi connectivity index (χ0n) is 16.4. The Morgan fingerprint density at radius 3 is 2.29 bits per heavy atom. The van der Waals surface area contributed by atoms with E-state index in [1.54, 1.807) is 0 Å². The zero-order chi connectivity index (χ0) is 19.3. The average molecular weight is 367 g/mol. The predicted octanol–water partition coefficient (Wildman–Crippen LogP) is 6.19. The van der Waals surface area contributed by atoms with E-state index in [9.17, 15) is 0 Å². The van der Waals surface area contributed by atoms with Crippen molar-refractivity contribution >= 4 is 16.6 Å². The maximum atomic E-state index is 6.43. The minimum atomic E-state index is -0.407. The fourth-order valence-corrected chi connectivity index (χ4v) is 5.25. The molecule has 5 rings (SSSR count). The molecular formula is C26H26N2. The molecule has 1 unspecified atom stereocenters. The van der Waals surface area contributed by atoms with Gasteiger partial charge in [0.25, 0.3) is 0 Å². The van der Waals surface area contributed by atoms with Crippen LogP contribution in [0.5, 0.6) is 0 Å². The second-order valence-electron chi connectivity index (χ2n) is 8.32. The quantitative estimate of drug-likeness (QED) is 0.436. The molecule has 3 aromatic carbocycles. The van der Waals surface area contributed by atoms with Gasteiger partial charge in [0, 0.05) is 0 Å². The van der Waals surface area contributed by atoms with E-state index in [4.69, 9.17) is 10.7 Å². The molecule has 2 nitrogen and oxygen atoms in total. The number of nitrogens with two attached hydrogens (primary N) is 1. The summed E-state index contributed by atoms with van der Waals surface area (Å²) >= 11 is 0. The van der Waals surface area contributed by atoms with Gasteiger partial charge >= 0.3 is 0 Å². The lowest BCUT2D eigenvalue weighted by atomic mass is 9.75. The highest BCUT2D eigenvalue weighted by atomic mass is 15.0. The second-order valence-corrected chi connectivity index (χ2v) is 8.32. The van der Waals surface area contributed by atoms with E-state index in [2.05, 4.69) is 67.2 Å². The van der Waals surface area contributed by atoms with Crippen LogP contribution in [0.25, 0.3) is 21.9 Å². The summed E-state index contributed by atoms with van der Waals surface area (Å²) in [5.41, 5.74) is 12.1. The smallest absolute Gasteiger partial charge is 0.121 e. The van der Waals surface area contributed by atoms with Crippen LogP contribution in [0.4, 0.5) is 0 Å². The first-order valence-electron chi connectivity index (χ1n) is 10.3. The van der Waals surface area contributed by atoms with Gasteiger partial charge in [-0.1, -0.05) is 68.0 Å². The number of benzene rings is 3. The molecule has 0 aliphatic heterocycles. The van der Waals surface area contributed by atoms with E-state index >= 15 is 0 Å². The van der Waals surface area contributed by atoms with E-state index in [-0.39, 0.29) is 0 Å². The highest BCUT2D eigenvalue weighted by Gasteiger charge is 2.49. The molecule has 2 heteroatoms. The monoisotopic (exact) mass is 366 g/mol. The van der Waals surface area contributed by atoms with Crippen molar-refractivity contribution in [1.82, 2.24) is 0 Å². The Morgan fingerprint density at radius 1 is 0.929 bits per heavy atom. The lowest BCUT2D eigenvalue weighted by molar-refractivity contribution is 0.346. The first-order chi connectivity index (χ1) is 13.6. The maximum absolute atomic E-state index is 6.43. The van der Waals surface area contributed by atoms with Gasteiger partial charge in [-0.3, -0.25) is 4.99 Å². The van der Waals surface area contributed by atoms with Gasteiger partial charge in [-0.25, -0.2) is 0 Å². The Balaban J connectivity index is 1.90. The number of fused-ring (bicyclic) bond motifs is 4. The zero-order valence-corrected chi connectivity index (χ0v) is 16.4. The van der Waals surface area contributed by atoms with E-state index in [1.807, 2.05) is 6.92 Å². The van der Waals surface area contributed by atoms with Crippen LogP contribution >= 0.6 is 0 Å². The fourth-order valence-electron chi connectivity index (χ4n) is 5.25. The maximum Gasteiger partial charge on any atom is 0.121 e. The molecule has 1 fully saturated rings. The van der Waals surface area contributed by atoms with Crippen LogP contribution in [0.1, 0.15) is 43.7 Å². The third-order valence-corrected chi connectivity index (χ3v) is 6.60. The van der Waals surface area contributed by atoms with E-state index in [0.29, 0.717) is 11.8 Å². The summed E-state index contributed by atoms with van der Waals surface area (Å²) < 4.78 is 0. The SMILES string of the molecule is C=C(C)C(N)=NC1(C2CCCC2)c2ccccc2-c2cc3ccccc3cc21. The molecule has 0 saturated heterocycles. The Hall–Kier alpha value is -2.87. The van der Waals surface area contributed by atoms with Crippen molar-refractivity contribution < 1.29 is 0 Å². The molecular weight excluding hydrogens is 340 g/mol. The van der Waals surface area contributed by atoms with Crippen molar-refractivity contribution in [1.29, 1.82) is 0 Å². The minimum Gasteiger partial charge on any atom is -0.384 e. The third-order valence-electron chi connectivity index (χ3n) is 6.60. The number of amidine groups is 1. The van der Waals surface area contributed by atoms with Gasteiger partial charge in [0.1, 0.15) is 11.4 Å². The Bertz CT molecular complexity index is 1120. The van der Waals surface area contributed by atoms with Gasteiger partial charge in [0.2, 0.25) is 0 Å². The van der Waals surface area contributed by atoms with Crippen LogP contribution in [-0.4, -0.2) is 5.84 Å². The van der Waals surface area contributed by atoms with E-state index in [0.717, 1.165) is 5.57 Å². The molecule has 2 aliphatic rings. The average Bonchev–Trinajstić information content (AvgIpc) is 3.33. The van der Waals surface area contributed by atoms with Crippen LogP contribution in [0.3, 0.4) is 0 Å². The van der Waals surface area contributed by atoms with Crippen molar-refractivity contribution in [2.45, 2.75) is 38.1 Å². The second kappa shape index (κ2) is 6.34. The fraction of sp³-hybridized carbons (Fsp3) is 0.269. The molecule has 28 heavy (non-hydrogen) atoms. The van der Waals surface area contributed by atoms with Gasteiger partial charge < -0.3 is 5.73 Å². The Kier molecular flexibility index (Phi) is 3.90. The van der Waals surface area contributed by atoms with Gasteiger partial charge in [-0.05, 0) is 76.4 Å². The first-order valence-corrected chi connectivity index (χ1v) is 10.3. The summed E-state index contributed by atoms with van der Waals surface area (Å²) in [6.07, 6.45) is 4.90. The van der Waals surface area contributed by atoms with Crippen molar-refractivity contribution in [3.63, 3.8) is 0 Å². The number of nitrogens with zero attached hydrogens (tertiary/aromatic N) is 1. The van der Waals surface area contributed by atoms with E-state index < -0.39 is 5.54 Å². The largest absolute Gasteiger partial charge is 0.384 e. The Labute approximate surface area is 166 Å². The van der Waals surface area contributed by atoms with Crippen molar-refractivity contribution in [3.05, 3.63) is 83.9 Å². The van der Waals surface area contributed by atoms with Crippen LogP contribution in [0.15, 0.2) is 77.8 Å². The molecule has 1 atom stereocenters. The van der Waals surface area contributed by atoms with Crippen LogP contribution in [-0.2, 0) is 5.54 Å². The van der Waals surface area contributed by atoms with Crippen molar-refractivity contribution in [2.24, 2.45) is 16.6 Å². The predicted molar refractivity (Wildman–Crippen MR) is 119 cm³/mol. The number of aliphatic imine (C=N–C) groups is 1. The molecule has 140 valence electrons. The molecule has 0 amide bonds. The Morgan fingerprint density at radius 2 is 1.57 bits per heavy atom. The van der Waals surface area contributed by atoms with Gasteiger partial charge in [0.15, 0.2) is 0 Å². The van der Waals surface area contributed by atoms with Crippen LogP contribution < -0.4 is 5.73 Å². The van der Waals surface area contributed by atoms with Gasteiger partial charge in [0.05, 0.1) is 0 Å². The summed E-state index contributed by atoms with van der Waals surface area (Å²) in [6, 6.07) is 22.1. The topological polar surface area (TPSA) is 38.4 Å². The summed E-state index contributed by atoms with van der Waals surface area (Å²) in [7, 11) is 0. The summed E-state index contributed by atoms with van der Waals surface area (Å²) in [5, 5.41) is 2.54. The molecule has 0 aromatic heterocycles. The number of rotatable bonds is 3.